The third-order valence-corrected chi connectivity index (χ3v) is 5.76. The summed E-state index contributed by atoms with van der Waals surface area (Å²) in [6.45, 7) is 0.441. The Balaban J connectivity index is 1.78. The highest BCUT2D eigenvalue weighted by Gasteiger charge is 2.46. The van der Waals surface area contributed by atoms with E-state index in [1.165, 1.54) is 12.7 Å². The monoisotopic (exact) mass is 357 g/mol. The van der Waals surface area contributed by atoms with Crippen LogP contribution in [0.1, 0.15) is 6.23 Å². The van der Waals surface area contributed by atoms with Gasteiger partial charge in [-0.2, -0.15) is 0 Å². The molecule has 24 heavy (non-hydrogen) atoms. The lowest BCUT2D eigenvalue weighted by molar-refractivity contribution is -0.0290. The van der Waals surface area contributed by atoms with Gasteiger partial charge in [-0.15, -0.1) is 0 Å². The van der Waals surface area contributed by atoms with Gasteiger partial charge >= 0.3 is 0 Å². The molecule has 1 unspecified atom stereocenters. The molecule has 2 aromatic rings. The number of aromatic nitrogens is 4. The highest BCUT2D eigenvalue weighted by molar-refractivity contribution is 7.96. The molecular formula is C13H21N6O4S+. The number of fused-ring (bicyclic) bond motifs is 1. The molecule has 132 valence electrons. The second kappa shape index (κ2) is 7.17. The van der Waals surface area contributed by atoms with E-state index in [1.54, 1.807) is 4.57 Å². The Morgan fingerprint density at radius 2 is 2.12 bits per heavy atom. The fourth-order valence-corrected chi connectivity index (χ4v) is 4.09. The fraction of sp³-hybridized carbons (Fsp3) is 0.615. The number of nitrogen functional groups attached to an aromatic ring is 1. The van der Waals surface area contributed by atoms with Crippen LogP contribution in [0.5, 0.6) is 0 Å². The van der Waals surface area contributed by atoms with Crippen molar-refractivity contribution in [1.29, 1.82) is 0 Å². The van der Waals surface area contributed by atoms with Crippen molar-refractivity contribution in [1.82, 2.24) is 19.5 Å². The molecule has 3 rings (SSSR count). The lowest BCUT2D eigenvalue weighted by Crippen LogP contribution is -2.36. The molecule has 2 aromatic heterocycles. The molecule has 0 radical (unpaired) electrons. The summed E-state index contributed by atoms with van der Waals surface area (Å²) in [5, 5.41) is 20.7. The largest absolute Gasteiger partial charge is 0.387 e. The minimum Gasteiger partial charge on any atom is -0.387 e. The van der Waals surface area contributed by atoms with Gasteiger partial charge in [0.15, 0.2) is 17.7 Å². The number of hydrogen-bond donors (Lipinski definition) is 4. The van der Waals surface area contributed by atoms with Crippen molar-refractivity contribution in [2.75, 3.05) is 30.1 Å². The van der Waals surface area contributed by atoms with Gasteiger partial charge in [-0.1, -0.05) is 0 Å². The van der Waals surface area contributed by atoms with Crippen molar-refractivity contribution in [3.05, 3.63) is 12.7 Å². The van der Waals surface area contributed by atoms with Crippen LogP contribution in [0.15, 0.2) is 12.7 Å². The summed E-state index contributed by atoms with van der Waals surface area (Å²) in [7, 11) is -0.0595. The maximum Gasteiger partial charge on any atom is 0.167 e. The molecule has 11 heteroatoms. The summed E-state index contributed by atoms with van der Waals surface area (Å²) in [5.74, 6) is 6.65. The molecule has 10 nitrogen and oxygen atoms in total. The molecule has 0 bridgehead atoms. The minimum atomic E-state index is -1.09. The molecular weight excluding hydrogens is 336 g/mol. The van der Waals surface area contributed by atoms with E-state index in [4.69, 9.17) is 16.4 Å². The van der Waals surface area contributed by atoms with E-state index in [1.807, 2.05) is 6.26 Å². The molecule has 1 saturated heterocycles. The van der Waals surface area contributed by atoms with Gasteiger partial charge in [-0.3, -0.25) is 9.40 Å². The van der Waals surface area contributed by atoms with Crippen molar-refractivity contribution in [3.63, 3.8) is 0 Å². The van der Waals surface area contributed by atoms with E-state index >= 15 is 0 Å². The smallest absolute Gasteiger partial charge is 0.167 e. The SMILES string of the molecule is C[S+](CCON)C[C@@H]1O[C@@H](n2cnc3c(N)ncnc32)[C@H](O)[C@@H]1O. The van der Waals surface area contributed by atoms with Crippen LogP contribution in [0.2, 0.25) is 0 Å². The predicted molar refractivity (Wildman–Crippen MR) is 88.8 cm³/mol. The van der Waals surface area contributed by atoms with Gasteiger partial charge in [0.05, 0.1) is 12.6 Å². The Hall–Kier alpha value is -1.50. The van der Waals surface area contributed by atoms with E-state index in [2.05, 4.69) is 19.8 Å². The number of hydrogen-bond acceptors (Lipinski definition) is 9. The van der Waals surface area contributed by atoms with E-state index < -0.39 is 24.5 Å². The average molecular weight is 357 g/mol. The summed E-state index contributed by atoms with van der Waals surface area (Å²) in [5.41, 5.74) is 6.65. The molecule has 0 spiro atoms. The topological polar surface area (TPSA) is 155 Å². The van der Waals surface area contributed by atoms with Crippen molar-refractivity contribution >= 4 is 27.9 Å². The van der Waals surface area contributed by atoms with Crippen molar-refractivity contribution < 1.29 is 19.8 Å². The molecule has 0 aromatic carbocycles. The third kappa shape index (κ3) is 3.18. The molecule has 1 aliphatic heterocycles. The Morgan fingerprint density at radius 3 is 2.88 bits per heavy atom. The third-order valence-electron chi connectivity index (χ3n) is 4.00. The maximum atomic E-state index is 10.4. The first kappa shape index (κ1) is 17.3. The Labute approximate surface area is 141 Å². The van der Waals surface area contributed by atoms with E-state index in [-0.39, 0.29) is 16.7 Å². The van der Waals surface area contributed by atoms with Crippen molar-refractivity contribution in [3.8, 4) is 0 Å². The number of rotatable bonds is 6. The van der Waals surface area contributed by atoms with Crippen LogP contribution in [0.4, 0.5) is 5.82 Å². The lowest BCUT2D eigenvalue weighted by atomic mass is 10.1. The first-order valence-corrected chi connectivity index (χ1v) is 9.35. The van der Waals surface area contributed by atoms with Gasteiger partial charge in [-0.05, 0) is 10.9 Å². The van der Waals surface area contributed by atoms with Crippen LogP contribution in [0.25, 0.3) is 11.2 Å². The first-order chi connectivity index (χ1) is 11.5. The zero-order valence-corrected chi connectivity index (χ0v) is 14.0. The number of ether oxygens (including phenoxy) is 1. The number of nitrogens with two attached hydrogens (primary N) is 2. The van der Waals surface area contributed by atoms with Crippen LogP contribution in [0.3, 0.4) is 0 Å². The van der Waals surface area contributed by atoms with Crippen LogP contribution in [-0.2, 0) is 20.5 Å². The Kier molecular flexibility index (Phi) is 5.18. The molecule has 3 heterocycles. The first-order valence-electron chi connectivity index (χ1n) is 7.38. The molecule has 6 N–H and O–H groups in total. The zero-order valence-electron chi connectivity index (χ0n) is 13.1. The quantitative estimate of drug-likeness (QED) is 0.345. The minimum absolute atomic E-state index is 0.0595. The normalized spacial score (nSPS) is 28.5. The van der Waals surface area contributed by atoms with Crippen LogP contribution < -0.4 is 11.6 Å². The summed E-state index contributed by atoms with van der Waals surface area (Å²) in [6, 6.07) is 0. The predicted octanol–water partition coefficient (Wildman–Crippen LogP) is -1.83. The molecule has 0 aliphatic carbocycles. The molecule has 1 aliphatic rings. The van der Waals surface area contributed by atoms with Crippen LogP contribution in [-0.4, -0.2) is 72.4 Å². The highest BCUT2D eigenvalue weighted by atomic mass is 32.2. The number of aliphatic hydroxyl groups excluding tert-OH is 2. The van der Waals surface area contributed by atoms with Gasteiger partial charge in [0.25, 0.3) is 0 Å². The summed E-state index contributed by atoms with van der Waals surface area (Å²) >= 11 is 0. The Bertz CT molecular complexity index is 700. The summed E-state index contributed by atoms with van der Waals surface area (Å²) in [4.78, 5) is 16.8. The molecule has 5 atom stereocenters. The van der Waals surface area contributed by atoms with Gasteiger partial charge < -0.3 is 20.7 Å². The van der Waals surface area contributed by atoms with Crippen LogP contribution >= 0.6 is 0 Å². The van der Waals surface area contributed by atoms with Gasteiger partial charge in [0.1, 0.15) is 48.3 Å². The van der Waals surface area contributed by atoms with Gasteiger partial charge in [0, 0.05) is 0 Å². The molecule has 0 amide bonds. The standard InChI is InChI=1S/C13H21N6O4S/c1-24(3-2-22-15)4-7-9(20)10(21)13(23-7)19-6-18-8-11(14)16-5-17-12(8)19/h5-7,9-10,13,20-21H,2-4,15H2,1H3,(H2,14,16,17)/q+1/t7-,9+,10+,13+,24?/m0/s1. The number of aliphatic hydroxyl groups is 2. The van der Waals surface area contributed by atoms with E-state index in [0.717, 1.165) is 5.75 Å². The van der Waals surface area contributed by atoms with Gasteiger partial charge in [0.2, 0.25) is 0 Å². The van der Waals surface area contributed by atoms with E-state index in [0.29, 0.717) is 23.5 Å². The summed E-state index contributed by atoms with van der Waals surface area (Å²) < 4.78 is 7.45. The second-order valence-corrected chi connectivity index (χ2v) is 7.96. The average Bonchev–Trinajstić information content (AvgIpc) is 3.10. The fourth-order valence-electron chi connectivity index (χ4n) is 2.71. The zero-order chi connectivity index (χ0) is 17.3. The maximum absolute atomic E-state index is 10.4. The Morgan fingerprint density at radius 1 is 1.33 bits per heavy atom. The van der Waals surface area contributed by atoms with E-state index in [9.17, 15) is 10.2 Å². The number of imidazole rings is 1. The van der Waals surface area contributed by atoms with Crippen LogP contribution in [0, 0.1) is 0 Å². The molecule has 0 saturated carbocycles. The van der Waals surface area contributed by atoms with Gasteiger partial charge in [-0.25, -0.2) is 20.8 Å². The van der Waals surface area contributed by atoms with Crippen molar-refractivity contribution in [2.45, 2.75) is 24.5 Å². The number of nitrogens with zero attached hydrogens (tertiary/aromatic N) is 4. The lowest BCUT2D eigenvalue weighted by Gasteiger charge is -2.16. The second-order valence-electron chi connectivity index (χ2n) is 5.65. The number of anilines is 1. The van der Waals surface area contributed by atoms with Crippen molar-refractivity contribution in [2.24, 2.45) is 5.90 Å². The molecule has 1 fully saturated rings. The summed E-state index contributed by atoms with van der Waals surface area (Å²) in [6.07, 6.45) is 1.47. The highest BCUT2D eigenvalue weighted by Crippen LogP contribution is 2.32.